The van der Waals surface area contributed by atoms with E-state index < -0.39 is 10.4 Å². The molecular formula is C12H28CuN4O8S-4. The van der Waals surface area contributed by atoms with Gasteiger partial charge in [0.05, 0.1) is 0 Å². The molecular weight excluding hydrogens is 424 g/mol. The van der Waals surface area contributed by atoms with Crippen molar-refractivity contribution in [1.82, 2.24) is 0 Å². The van der Waals surface area contributed by atoms with Gasteiger partial charge in [-0.15, -0.1) is 26.2 Å². The second-order valence-corrected chi connectivity index (χ2v) is 4.80. The van der Waals surface area contributed by atoms with Gasteiger partial charge in [-0.25, -0.2) is 0 Å². The van der Waals surface area contributed by atoms with Crippen LogP contribution in [-0.2, 0) is 27.5 Å². The van der Waals surface area contributed by atoms with Gasteiger partial charge >= 0.3 is 17.1 Å². The Labute approximate surface area is 165 Å². The standard InChI is InChI=1S/2C6H14N2O2.Cu.H2O4S/c2*9-5-3-7-1-2-8-4-6-10;;1-5(2,3)4/h2*9-10H,1-6H2;;(H2,1,2,3,4)/q2*-2;+2;/p-2. The van der Waals surface area contributed by atoms with Crippen molar-refractivity contribution in [2.24, 2.45) is 0 Å². The van der Waals surface area contributed by atoms with Gasteiger partial charge in [-0.2, -0.15) is 26.2 Å². The van der Waals surface area contributed by atoms with Crippen LogP contribution >= 0.6 is 0 Å². The van der Waals surface area contributed by atoms with Crippen LogP contribution < -0.4 is 0 Å². The second kappa shape index (κ2) is 29.8. The Bertz CT molecular complexity index is 288. The van der Waals surface area contributed by atoms with Crippen LogP contribution in [0.5, 0.6) is 0 Å². The second-order valence-electron chi connectivity index (χ2n) is 3.99. The predicted molar refractivity (Wildman–Crippen MR) is 91.2 cm³/mol. The molecule has 0 aliphatic heterocycles. The SMILES string of the molecule is O=S(=O)([O-])[O-].OCC[N-]CC[N-]CCO.OCC[N-]CC[N-]CCO.[Cu+2]. The van der Waals surface area contributed by atoms with Crippen molar-refractivity contribution in [1.29, 1.82) is 0 Å². The van der Waals surface area contributed by atoms with E-state index in [0.29, 0.717) is 52.4 Å². The first-order chi connectivity index (χ1) is 11.8. The van der Waals surface area contributed by atoms with Gasteiger partial charge < -0.3 is 50.8 Å². The quantitative estimate of drug-likeness (QED) is 0.101. The molecule has 0 aromatic carbocycles. The summed E-state index contributed by atoms with van der Waals surface area (Å²) in [5.74, 6) is 0. The zero-order valence-corrected chi connectivity index (χ0v) is 16.2. The smallest absolute Gasteiger partial charge is 0.759 e. The van der Waals surface area contributed by atoms with Crippen molar-refractivity contribution in [3.63, 3.8) is 0 Å². The average Bonchev–Trinajstić information content (AvgIpc) is 2.53. The van der Waals surface area contributed by atoms with E-state index in [-0.39, 0.29) is 43.5 Å². The maximum absolute atomic E-state index is 8.52. The molecule has 14 heteroatoms. The number of nitrogens with zero attached hydrogens (tertiary/aromatic N) is 4. The predicted octanol–water partition coefficient (Wildman–Crippen LogP) is -1.90. The summed E-state index contributed by atoms with van der Waals surface area (Å²) in [5, 5.41) is 49.0. The van der Waals surface area contributed by atoms with Crippen LogP contribution in [-0.4, -0.2) is 117 Å². The molecule has 0 aliphatic carbocycles. The fraction of sp³-hybridized carbons (Fsp3) is 1.00. The fourth-order valence-electron chi connectivity index (χ4n) is 1.01. The maximum atomic E-state index is 8.52. The van der Waals surface area contributed by atoms with Crippen LogP contribution in [0.1, 0.15) is 0 Å². The summed E-state index contributed by atoms with van der Waals surface area (Å²) in [7, 11) is -5.17. The van der Waals surface area contributed by atoms with Crippen molar-refractivity contribution in [3.8, 4) is 0 Å². The number of aliphatic hydroxyl groups excluding tert-OH is 4. The topological polar surface area (TPSA) is 218 Å². The summed E-state index contributed by atoms with van der Waals surface area (Å²) in [4.78, 5) is 0. The van der Waals surface area contributed by atoms with E-state index in [1.54, 1.807) is 0 Å². The monoisotopic (exact) mass is 451 g/mol. The van der Waals surface area contributed by atoms with E-state index in [2.05, 4.69) is 21.3 Å². The minimum atomic E-state index is -5.17. The van der Waals surface area contributed by atoms with Crippen LogP contribution in [0.2, 0.25) is 0 Å². The van der Waals surface area contributed by atoms with Crippen molar-refractivity contribution in [2.75, 3.05) is 78.8 Å². The molecule has 0 bridgehead atoms. The van der Waals surface area contributed by atoms with Crippen molar-refractivity contribution >= 4 is 10.4 Å². The molecule has 165 valence electrons. The normalized spacial score (nSPS) is 10.1. The van der Waals surface area contributed by atoms with E-state index in [9.17, 15) is 0 Å². The van der Waals surface area contributed by atoms with Crippen LogP contribution in [0.4, 0.5) is 0 Å². The van der Waals surface area contributed by atoms with Gasteiger partial charge in [0.15, 0.2) is 0 Å². The Kier molecular flexibility index (Phi) is 38.6. The van der Waals surface area contributed by atoms with E-state index in [1.165, 1.54) is 0 Å². The van der Waals surface area contributed by atoms with Crippen molar-refractivity contribution in [3.05, 3.63) is 21.3 Å². The van der Waals surface area contributed by atoms with Crippen LogP contribution in [0.15, 0.2) is 0 Å². The third kappa shape index (κ3) is 64.7. The Morgan fingerprint density at radius 3 is 0.808 bits per heavy atom. The number of aliphatic hydroxyl groups is 4. The average molecular weight is 452 g/mol. The van der Waals surface area contributed by atoms with Crippen LogP contribution in [0.25, 0.3) is 21.3 Å². The van der Waals surface area contributed by atoms with E-state index >= 15 is 0 Å². The third-order valence-electron chi connectivity index (χ3n) is 1.86. The summed E-state index contributed by atoms with van der Waals surface area (Å²) < 4.78 is 34.1. The molecule has 0 aromatic rings. The molecule has 0 aliphatic rings. The molecule has 26 heavy (non-hydrogen) atoms. The molecule has 0 heterocycles. The van der Waals surface area contributed by atoms with Gasteiger partial charge in [0.2, 0.25) is 0 Å². The van der Waals surface area contributed by atoms with Gasteiger partial charge in [0, 0.05) is 36.8 Å². The molecule has 0 aromatic heterocycles. The molecule has 0 fully saturated rings. The van der Waals surface area contributed by atoms with Gasteiger partial charge in [-0.1, -0.05) is 0 Å². The molecule has 4 N–H and O–H groups in total. The van der Waals surface area contributed by atoms with E-state index in [1.807, 2.05) is 0 Å². The van der Waals surface area contributed by atoms with Gasteiger partial charge in [-0.05, 0) is 0 Å². The number of rotatable bonds is 14. The first-order valence-corrected chi connectivity index (χ1v) is 8.79. The summed E-state index contributed by atoms with van der Waals surface area (Å²) in [5.41, 5.74) is 0. The maximum Gasteiger partial charge on any atom is 2.00 e. The molecule has 0 unspecified atom stereocenters. The minimum Gasteiger partial charge on any atom is -0.759 e. The Morgan fingerprint density at radius 2 is 0.692 bits per heavy atom. The molecule has 0 saturated carbocycles. The molecule has 1 radical (unpaired) electrons. The fourth-order valence-corrected chi connectivity index (χ4v) is 1.01. The summed E-state index contributed by atoms with van der Waals surface area (Å²) in [6.07, 6.45) is 0. The Hall–Kier alpha value is 0.0695. The Balaban J connectivity index is -0.000000145. The van der Waals surface area contributed by atoms with Gasteiger partial charge in [0.1, 0.15) is 0 Å². The zero-order chi connectivity index (χ0) is 19.8. The summed E-state index contributed by atoms with van der Waals surface area (Å²) in [6.45, 7) is 5.04. The molecule has 0 saturated heterocycles. The molecule has 12 nitrogen and oxygen atoms in total. The van der Waals surface area contributed by atoms with Crippen molar-refractivity contribution in [2.45, 2.75) is 0 Å². The van der Waals surface area contributed by atoms with Crippen LogP contribution in [0, 0.1) is 0 Å². The molecule has 0 atom stereocenters. The number of hydrogen-bond acceptors (Lipinski definition) is 8. The van der Waals surface area contributed by atoms with E-state index in [4.69, 9.17) is 37.9 Å². The van der Waals surface area contributed by atoms with Crippen LogP contribution in [0.3, 0.4) is 0 Å². The third-order valence-corrected chi connectivity index (χ3v) is 1.86. The van der Waals surface area contributed by atoms with Crippen molar-refractivity contribution < 1.29 is 55.0 Å². The first-order valence-electron chi connectivity index (χ1n) is 7.46. The summed E-state index contributed by atoms with van der Waals surface area (Å²) in [6, 6.07) is 0. The minimum absolute atomic E-state index is 0. The largest absolute Gasteiger partial charge is 2.00 e. The van der Waals surface area contributed by atoms with Gasteiger partial charge in [0.25, 0.3) is 0 Å². The zero-order valence-electron chi connectivity index (χ0n) is 14.4. The van der Waals surface area contributed by atoms with E-state index in [0.717, 1.165) is 0 Å². The number of hydrogen-bond donors (Lipinski definition) is 4. The van der Waals surface area contributed by atoms with Gasteiger partial charge in [-0.3, -0.25) is 8.42 Å². The summed E-state index contributed by atoms with van der Waals surface area (Å²) >= 11 is 0. The molecule has 0 rings (SSSR count). The Morgan fingerprint density at radius 1 is 0.538 bits per heavy atom. The molecule has 0 spiro atoms. The molecule has 0 amide bonds. The first kappa shape index (κ1) is 33.6.